The highest BCUT2D eigenvalue weighted by Crippen LogP contribution is 2.27. The monoisotopic (exact) mass is 258 g/mol. The molecule has 0 radical (unpaired) electrons. The second-order valence-electron chi connectivity index (χ2n) is 4.01. The summed E-state index contributed by atoms with van der Waals surface area (Å²) in [5.41, 5.74) is 0.0824. The minimum absolute atomic E-state index is 0.0824. The van der Waals surface area contributed by atoms with E-state index in [4.69, 9.17) is 5.11 Å². The quantitative estimate of drug-likeness (QED) is 0.800. The summed E-state index contributed by atoms with van der Waals surface area (Å²) in [6.45, 7) is 1.09. The Hall–Kier alpha value is -2.05. The molecule has 1 aliphatic rings. The van der Waals surface area contributed by atoms with Gasteiger partial charge in [-0.1, -0.05) is 0 Å². The maximum absolute atomic E-state index is 13.5. The number of hydrogen-bond donors (Lipinski definition) is 2. The van der Waals surface area contributed by atoms with Crippen LogP contribution in [0.2, 0.25) is 0 Å². The predicted molar refractivity (Wildman–Crippen MR) is 59.8 cm³/mol. The van der Waals surface area contributed by atoms with Gasteiger partial charge in [-0.2, -0.15) is 0 Å². The van der Waals surface area contributed by atoms with E-state index < -0.39 is 23.5 Å². The Morgan fingerprint density at radius 1 is 1.11 bits per heavy atom. The average molecular weight is 258 g/mol. The van der Waals surface area contributed by atoms with E-state index in [2.05, 4.69) is 0 Å². The number of aromatic hydroxyl groups is 1. The van der Waals surface area contributed by atoms with Gasteiger partial charge in [-0.05, 0) is 0 Å². The molecule has 1 aliphatic heterocycles. The average Bonchev–Trinajstić information content (AvgIpc) is 2.34. The smallest absolute Gasteiger partial charge is 0.407 e. The van der Waals surface area contributed by atoms with Gasteiger partial charge >= 0.3 is 6.09 Å². The van der Waals surface area contributed by atoms with Gasteiger partial charge in [0.1, 0.15) is 5.82 Å². The lowest BCUT2D eigenvalue weighted by atomic mass is 10.2. The summed E-state index contributed by atoms with van der Waals surface area (Å²) in [4.78, 5) is 13.5. The Kier molecular flexibility index (Phi) is 3.22. The summed E-state index contributed by atoms with van der Waals surface area (Å²) in [6, 6.07) is 1.63. The first-order valence-corrected chi connectivity index (χ1v) is 5.40. The van der Waals surface area contributed by atoms with E-state index in [9.17, 15) is 18.7 Å². The molecule has 0 bridgehead atoms. The number of carbonyl (C=O) groups is 1. The minimum atomic E-state index is -1.02. The maximum atomic E-state index is 13.5. The van der Waals surface area contributed by atoms with Crippen molar-refractivity contribution in [1.29, 1.82) is 0 Å². The summed E-state index contributed by atoms with van der Waals surface area (Å²) in [6.07, 6.45) is -1.02. The van der Waals surface area contributed by atoms with Crippen LogP contribution in [0.5, 0.6) is 5.75 Å². The standard InChI is InChI=1S/C11H12F2N2O3/c12-7-5-8(13)10(16)6-9(7)14-1-3-15(4-2-14)11(17)18/h5-6,16H,1-4H2,(H,17,18). The first-order chi connectivity index (χ1) is 8.49. The van der Waals surface area contributed by atoms with Gasteiger partial charge < -0.3 is 20.0 Å². The molecule has 98 valence electrons. The van der Waals surface area contributed by atoms with Crippen LogP contribution < -0.4 is 4.90 Å². The molecule has 0 aliphatic carbocycles. The van der Waals surface area contributed by atoms with Gasteiger partial charge in [0.2, 0.25) is 0 Å². The number of nitrogens with zero attached hydrogens (tertiary/aromatic N) is 2. The topological polar surface area (TPSA) is 64.0 Å². The van der Waals surface area contributed by atoms with Crippen LogP contribution in [0.1, 0.15) is 0 Å². The summed E-state index contributed by atoms with van der Waals surface area (Å²) >= 11 is 0. The third-order valence-corrected chi connectivity index (χ3v) is 2.91. The van der Waals surface area contributed by atoms with E-state index in [1.165, 1.54) is 4.90 Å². The van der Waals surface area contributed by atoms with Crippen LogP contribution in [0, 0.1) is 11.6 Å². The zero-order chi connectivity index (χ0) is 13.3. The van der Waals surface area contributed by atoms with Crippen molar-refractivity contribution < 1.29 is 23.8 Å². The summed E-state index contributed by atoms with van der Waals surface area (Å²) in [5, 5.41) is 18.0. The number of benzene rings is 1. The van der Waals surface area contributed by atoms with Crippen LogP contribution >= 0.6 is 0 Å². The number of amides is 1. The van der Waals surface area contributed by atoms with E-state index >= 15 is 0 Å². The fourth-order valence-corrected chi connectivity index (χ4v) is 1.91. The Bertz CT molecular complexity index is 474. The lowest BCUT2D eigenvalue weighted by molar-refractivity contribution is 0.142. The normalized spacial score (nSPS) is 15.9. The maximum Gasteiger partial charge on any atom is 0.407 e. The second-order valence-corrected chi connectivity index (χ2v) is 4.01. The highest BCUT2D eigenvalue weighted by molar-refractivity contribution is 5.65. The summed E-state index contributed by atoms with van der Waals surface area (Å²) in [5.74, 6) is -2.40. The van der Waals surface area contributed by atoms with E-state index in [0.717, 1.165) is 6.07 Å². The molecule has 0 spiro atoms. The van der Waals surface area contributed by atoms with Gasteiger partial charge in [-0.3, -0.25) is 0 Å². The molecule has 18 heavy (non-hydrogen) atoms. The van der Waals surface area contributed by atoms with Gasteiger partial charge in [0, 0.05) is 38.3 Å². The first kappa shape index (κ1) is 12.4. The lowest BCUT2D eigenvalue weighted by Gasteiger charge is -2.34. The number of phenols is 1. The van der Waals surface area contributed by atoms with Crippen molar-refractivity contribution in [2.75, 3.05) is 31.1 Å². The van der Waals surface area contributed by atoms with Crippen LogP contribution in [0.25, 0.3) is 0 Å². The molecule has 1 aromatic rings. The molecule has 0 atom stereocenters. The first-order valence-electron chi connectivity index (χ1n) is 5.40. The van der Waals surface area contributed by atoms with Crippen molar-refractivity contribution in [3.8, 4) is 5.75 Å². The van der Waals surface area contributed by atoms with Gasteiger partial charge in [0.05, 0.1) is 5.69 Å². The van der Waals surface area contributed by atoms with E-state index in [1.54, 1.807) is 4.90 Å². The molecular weight excluding hydrogens is 246 g/mol. The Balaban J connectivity index is 2.15. The largest absolute Gasteiger partial charge is 0.505 e. The number of phenolic OH excluding ortho intramolecular Hbond substituents is 1. The second kappa shape index (κ2) is 4.67. The van der Waals surface area contributed by atoms with E-state index in [1.807, 2.05) is 0 Å². The van der Waals surface area contributed by atoms with Crippen molar-refractivity contribution in [3.05, 3.63) is 23.8 Å². The van der Waals surface area contributed by atoms with E-state index in [-0.39, 0.29) is 18.8 Å². The van der Waals surface area contributed by atoms with Crippen molar-refractivity contribution in [2.45, 2.75) is 0 Å². The predicted octanol–water partition coefficient (Wildman–Crippen LogP) is 1.47. The Morgan fingerprint density at radius 2 is 1.72 bits per heavy atom. The zero-order valence-corrected chi connectivity index (χ0v) is 9.44. The fraction of sp³-hybridized carbons (Fsp3) is 0.364. The van der Waals surface area contributed by atoms with Crippen LogP contribution in [0.3, 0.4) is 0 Å². The van der Waals surface area contributed by atoms with Crippen LogP contribution in [0.4, 0.5) is 19.3 Å². The lowest BCUT2D eigenvalue weighted by Crippen LogP contribution is -2.48. The van der Waals surface area contributed by atoms with Crippen molar-refractivity contribution in [1.82, 2.24) is 4.90 Å². The van der Waals surface area contributed by atoms with Gasteiger partial charge in [0.15, 0.2) is 11.6 Å². The van der Waals surface area contributed by atoms with Gasteiger partial charge in [-0.15, -0.1) is 0 Å². The molecule has 0 unspecified atom stereocenters. The molecule has 0 aromatic heterocycles. The molecule has 1 fully saturated rings. The fourth-order valence-electron chi connectivity index (χ4n) is 1.91. The van der Waals surface area contributed by atoms with Gasteiger partial charge in [-0.25, -0.2) is 13.6 Å². The van der Waals surface area contributed by atoms with Crippen LogP contribution in [0.15, 0.2) is 12.1 Å². The minimum Gasteiger partial charge on any atom is -0.505 e. The number of hydrogen-bond acceptors (Lipinski definition) is 3. The SMILES string of the molecule is O=C(O)N1CCN(c2cc(O)c(F)cc2F)CC1. The summed E-state index contributed by atoms with van der Waals surface area (Å²) < 4.78 is 26.4. The highest BCUT2D eigenvalue weighted by atomic mass is 19.1. The third-order valence-electron chi connectivity index (χ3n) is 2.91. The van der Waals surface area contributed by atoms with E-state index in [0.29, 0.717) is 19.2 Å². The van der Waals surface area contributed by atoms with Crippen LogP contribution in [-0.4, -0.2) is 47.4 Å². The molecule has 7 heteroatoms. The molecule has 2 rings (SSSR count). The molecule has 1 amide bonds. The van der Waals surface area contributed by atoms with Crippen molar-refractivity contribution in [3.63, 3.8) is 0 Å². The number of halogens is 2. The van der Waals surface area contributed by atoms with Gasteiger partial charge in [0.25, 0.3) is 0 Å². The molecule has 1 aromatic carbocycles. The highest BCUT2D eigenvalue weighted by Gasteiger charge is 2.23. The molecule has 0 saturated carbocycles. The number of piperazine rings is 1. The van der Waals surface area contributed by atoms with Crippen molar-refractivity contribution in [2.24, 2.45) is 0 Å². The number of rotatable bonds is 1. The third kappa shape index (κ3) is 2.29. The van der Waals surface area contributed by atoms with Crippen molar-refractivity contribution >= 4 is 11.8 Å². The Labute approximate surface area is 102 Å². The molecule has 1 saturated heterocycles. The Morgan fingerprint density at radius 3 is 2.28 bits per heavy atom. The number of carboxylic acid groups (broad SMARTS) is 1. The van der Waals surface area contributed by atoms with Crippen LogP contribution in [-0.2, 0) is 0 Å². The number of anilines is 1. The summed E-state index contributed by atoms with van der Waals surface area (Å²) in [7, 11) is 0. The molecular formula is C11H12F2N2O3. The molecule has 2 N–H and O–H groups in total. The molecule has 1 heterocycles. The zero-order valence-electron chi connectivity index (χ0n) is 9.44. The molecule has 5 nitrogen and oxygen atoms in total.